The highest BCUT2D eigenvalue weighted by molar-refractivity contribution is 6.30. The molecule has 1 aliphatic heterocycles. The Balaban J connectivity index is 2.23. The van der Waals surface area contributed by atoms with Crippen molar-refractivity contribution < 1.29 is 4.79 Å². The standard InChI is InChI=1S/C14H20ClN3O/c1-17-14(19)12-6-3-7-18(12)13(9-16)10-4-2-5-11(15)8-10/h2,4-5,8,12-13H,3,6-7,9,16H2,1H3,(H,17,19). The first kappa shape index (κ1) is 14.3. The number of hydrogen-bond acceptors (Lipinski definition) is 3. The lowest BCUT2D eigenvalue weighted by Crippen LogP contribution is -2.45. The van der Waals surface area contributed by atoms with Crippen LogP contribution in [-0.2, 0) is 4.79 Å². The molecule has 2 unspecified atom stereocenters. The number of amides is 1. The highest BCUT2D eigenvalue weighted by Gasteiger charge is 2.34. The predicted molar refractivity (Wildman–Crippen MR) is 77.0 cm³/mol. The first-order valence-corrected chi connectivity index (χ1v) is 6.98. The molecule has 0 bridgehead atoms. The van der Waals surface area contributed by atoms with Crippen LogP contribution in [0.5, 0.6) is 0 Å². The van der Waals surface area contributed by atoms with Gasteiger partial charge in [-0.15, -0.1) is 0 Å². The Labute approximate surface area is 118 Å². The molecule has 19 heavy (non-hydrogen) atoms. The number of benzene rings is 1. The molecular weight excluding hydrogens is 262 g/mol. The molecule has 5 heteroatoms. The number of rotatable bonds is 4. The van der Waals surface area contributed by atoms with Gasteiger partial charge in [0.25, 0.3) is 0 Å². The molecule has 1 aromatic carbocycles. The topological polar surface area (TPSA) is 58.4 Å². The summed E-state index contributed by atoms with van der Waals surface area (Å²) < 4.78 is 0. The van der Waals surface area contributed by atoms with Crippen molar-refractivity contribution in [1.29, 1.82) is 0 Å². The minimum absolute atomic E-state index is 0.0449. The third-order valence-electron chi connectivity index (χ3n) is 3.70. The molecule has 3 N–H and O–H groups in total. The lowest BCUT2D eigenvalue weighted by molar-refractivity contribution is -0.125. The highest BCUT2D eigenvalue weighted by atomic mass is 35.5. The smallest absolute Gasteiger partial charge is 0.237 e. The lowest BCUT2D eigenvalue weighted by atomic mass is 10.0. The maximum atomic E-state index is 11.9. The van der Waals surface area contributed by atoms with E-state index < -0.39 is 0 Å². The van der Waals surface area contributed by atoms with Crippen molar-refractivity contribution in [2.75, 3.05) is 20.1 Å². The second-order valence-corrected chi connectivity index (χ2v) is 5.25. The summed E-state index contributed by atoms with van der Waals surface area (Å²) in [4.78, 5) is 14.1. The zero-order chi connectivity index (χ0) is 13.8. The van der Waals surface area contributed by atoms with E-state index in [4.69, 9.17) is 17.3 Å². The molecule has 2 atom stereocenters. The molecule has 104 valence electrons. The maximum Gasteiger partial charge on any atom is 0.237 e. The molecule has 4 nitrogen and oxygen atoms in total. The number of nitrogens with one attached hydrogen (secondary N) is 1. The van der Waals surface area contributed by atoms with Crippen molar-refractivity contribution >= 4 is 17.5 Å². The number of likely N-dealkylation sites (N-methyl/N-ethyl adjacent to an activating group) is 1. The molecule has 0 radical (unpaired) electrons. The molecule has 1 heterocycles. The average Bonchev–Trinajstić information content (AvgIpc) is 2.88. The number of nitrogens with zero attached hydrogens (tertiary/aromatic N) is 1. The maximum absolute atomic E-state index is 11.9. The van der Waals surface area contributed by atoms with Crippen LogP contribution in [0.4, 0.5) is 0 Å². The Morgan fingerprint density at radius 1 is 1.63 bits per heavy atom. The summed E-state index contributed by atoms with van der Waals surface area (Å²) in [6.07, 6.45) is 1.91. The van der Waals surface area contributed by atoms with Crippen molar-refractivity contribution in [3.8, 4) is 0 Å². The van der Waals surface area contributed by atoms with Crippen LogP contribution in [0.15, 0.2) is 24.3 Å². The number of halogens is 1. The van der Waals surface area contributed by atoms with Gasteiger partial charge in [0.2, 0.25) is 5.91 Å². The molecule has 0 spiro atoms. The Morgan fingerprint density at radius 2 is 2.42 bits per heavy atom. The second-order valence-electron chi connectivity index (χ2n) is 4.82. The fraction of sp³-hybridized carbons (Fsp3) is 0.500. The summed E-state index contributed by atoms with van der Waals surface area (Å²) >= 11 is 6.04. The van der Waals surface area contributed by atoms with Gasteiger partial charge in [-0.2, -0.15) is 0 Å². The third kappa shape index (κ3) is 3.08. The molecule has 0 saturated carbocycles. The Morgan fingerprint density at radius 3 is 3.05 bits per heavy atom. The zero-order valence-corrected chi connectivity index (χ0v) is 11.9. The molecule has 1 fully saturated rings. The summed E-state index contributed by atoms with van der Waals surface area (Å²) in [6.45, 7) is 1.38. The zero-order valence-electron chi connectivity index (χ0n) is 11.1. The van der Waals surface area contributed by atoms with E-state index in [1.54, 1.807) is 7.05 Å². The Bertz CT molecular complexity index is 452. The largest absolute Gasteiger partial charge is 0.358 e. The fourth-order valence-electron chi connectivity index (χ4n) is 2.79. The van der Waals surface area contributed by atoms with Crippen LogP contribution in [0.2, 0.25) is 5.02 Å². The first-order chi connectivity index (χ1) is 9.17. The van der Waals surface area contributed by atoms with Crippen molar-refractivity contribution in [2.24, 2.45) is 5.73 Å². The van der Waals surface area contributed by atoms with Crippen LogP contribution in [0, 0.1) is 0 Å². The van der Waals surface area contributed by atoms with Crippen molar-refractivity contribution in [3.05, 3.63) is 34.9 Å². The van der Waals surface area contributed by atoms with Gasteiger partial charge in [0.15, 0.2) is 0 Å². The molecule has 1 saturated heterocycles. The van der Waals surface area contributed by atoms with Gasteiger partial charge in [0.05, 0.1) is 6.04 Å². The van der Waals surface area contributed by atoms with E-state index in [0.29, 0.717) is 11.6 Å². The lowest BCUT2D eigenvalue weighted by Gasteiger charge is -2.31. The predicted octanol–water partition coefficient (Wildman–Crippen LogP) is 1.55. The number of nitrogens with two attached hydrogens (primary N) is 1. The summed E-state index contributed by atoms with van der Waals surface area (Å²) in [5.41, 5.74) is 7.00. The number of carbonyl (C=O) groups is 1. The van der Waals surface area contributed by atoms with Gasteiger partial charge < -0.3 is 11.1 Å². The van der Waals surface area contributed by atoms with E-state index >= 15 is 0 Å². The van der Waals surface area contributed by atoms with E-state index in [9.17, 15) is 4.79 Å². The summed E-state index contributed by atoms with van der Waals surface area (Å²) in [7, 11) is 1.68. The van der Waals surface area contributed by atoms with Gasteiger partial charge >= 0.3 is 0 Å². The molecule has 0 aromatic heterocycles. The molecule has 1 aromatic rings. The van der Waals surface area contributed by atoms with Crippen molar-refractivity contribution in [2.45, 2.75) is 24.9 Å². The van der Waals surface area contributed by atoms with E-state index in [1.165, 1.54) is 0 Å². The van der Waals surface area contributed by atoms with Gasteiger partial charge in [-0.1, -0.05) is 23.7 Å². The van der Waals surface area contributed by atoms with Crippen LogP contribution in [0.3, 0.4) is 0 Å². The van der Waals surface area contributed by atoms with Gasteiger partial charge in [-0.05, 0) is 37.1 Å². The summed E-state index contributed by atoms with van der Waals surface area (Å²) in [5, 5.41) is 3.43. The van der Waals surface area contributed by atoms with Crippen LogP contribution in [0.25, 0.3) is 0 Å². The quantitative estimate of drug-likeness (QED) is 0.880. The van der Waals surface area contributed by atoms with Crippen LogP contribution < -0.4 is 11.1 Å². The molecular formula is C14H20ClN3O. The number of carbonyl (C=O) groups excluding carboxylic acids is 1. The number of hydrogen-bond donors (Lipinski definition) is 2. The monoisotopic (exact) mass is 281 g/mol. The Kier molecular flexibility index (Phi) is 4.80. The SMILES string of the molecule is CNC(=O)C1CCCN1C(CN)c1cccc(Cl)c1. The summed E-state index contributed by atoms with van der Waals surface area (Å²) in [6, 6.07) is 7.67. The molecule has 1 aliphatic rings. The molecule has 2 rings (SSSR count). The molecule has 1 amide bonds. The van der Waals surface area contributed by atoms with E-state index in [0.717, 1.165) is 24.9 Å². The van der Waals surface area contributed by atoms with Crippen molar-refractivity contribution in [1.82, 2.24) is 10.2 Å². The van der Waals surface area contributed by atoms with Crippen LogP contribution in [-0.4, -0.2) is 37.0 Å². The number of likely N-dealkylation sites (tertiary alicyclic amines) is 1. The first-order valence-electron chi connectivity index (χ1n) is 6.60. The Hall–Kier alpha value is -1.10. The van der Waals surface area contributed by atoms with Gasteiger partial charge in [0.1, 0.15) is 0 Å². The van der Waals surface area contributed by atoms with Crippen LogP contribution >= 0.6 is 11.6 Å². The minimum atomic E-state index is -0.0856. The van der Waals surface area contributed by atoms with Crippen LogP contribution in [0.1, 0.15) is 24.4 Å². The van der Waals surface area contributed by atoms with E-state index in [1.807, 2.05) is 24.3 Å². The van der Waals surface area contributed by atoms with Crippen molar-refractivity contribution in [3.63, 3.8) is 0 Å². The van der Waals surface area contributed by atoms with E-state index in [-0.39, 0.29) is 18.0 Å². The molecule has 0 aliphatic carbocycles. The fourth-order valence-corrected chi connectivity index (χ4v) is 2.99. The van der Waals surface area contributed by atoms with Gasteiger partial charge in [-0.3, -0.25) is 9.69 Å². The summed E-state index contributed by atoms with van der Waals surface area (Å²) in [5.74, 6) is 0.0676. The average molecular weight is 282 g/mol. The van der Waals surface area contributed by atoms with Gasteiger partial charge in [0, 0.05) is 24.7 Å². The highest BCUT2D eigenvalue weighted by Crippen LogP contribution is 2.30. The van der Waals surface area contributed by atoms with Gasteiger partial charge in [-0.25, -0.2) is 0 Å². The second kappa shape index (κ2) is 6.37. The minimum Gasteiger partial charge on any atom is -0.358 e. The van der Waals surface area contributed by atoms with E-state index in [2.05, 4.69) is 10.2 Å². The third-order valence-corrected chi connectivity index (χ3v) is 3.94. The normalized spacial score (nSPS) is 21.3.